The van der Waals surface area contributed by atoms with E-state index in [1.807, 2.05) is 12.3 Å². The Hall–Kier alpha value is -1.06. The van der Waals surface area contributed by atoms with Crippen LogP contribution in [0.4, 0.5) is 0 Å². The molecule has 0 spiro atoms. The molecular weight excluding hydrogens is 221 g/mol. The Balaban J connectivity index is 2.39. The molecule has 2 aromatic heterocycles. The van der Waals surface area contributed by atoms with Crippen molar-refractivity contribution in [2.45, 2.75) is 6.00 Å². The molecule has 0 radical (unpaired) electrons. The van der Waals surface area contributed by atoms with Gasteiger partial charge in [0.25, 0.3) is 0 Å². The van der Waals surface area contributed by atoms with Crippen molar-refractivity contribution in [1.29, 1.82) is 0 Å². The van der Waals surface area contributed by atoms with Crippen molar-refractivity contribution in [3.8, 4) is 11.1 Å². The maximum absolute atomic E-state index is 5.77. The fourth-order valence-electron chi connectivity index (χ4n) is 1.16. The normalized spacial score (nSPS) is 10.4. The molecule has 14 heavy (non-hydrogen) atoms. The first kappa shape index (κ1) is 9.49. The molecule has 0 aliphatic carbocycles. The predicted molar refractivity (Wildman–Crippen MR) is 56.3 cm³/mol. The molecule has 0 fully saturated rings. The summed E-state index contributed by atoms with van der Waals surface area (Å²) in [7, 11) is 0. The Bertz CT molecular complexity index is 439. The van der Waals surface area contributed by atoms with Crippen LogP contribution in [0.15, 0.2) is 30.7 Å². The Morgan fingerprint density at radius 3 is 2.86 bits per heavy atom. The molecular formula is C9H7Cl2N3. The Labute approximate surface area is 91.3 Å². The number of pyridine rings is 1. The summed E-state index contributed by atoms with van der Waals surface area (Å²) < 4.78 is 1.64. The number of aromatic nitrogens is 3. The molecule has 0 aliphatic heterocycles. The SMILES string of the molecule is ClCn1cc(-c2ccnc(Cl)c2)cn1. The van der Waals surface area contributed by atoms with Crippen LogP contribution in [0.1, 0.15) is 0 Å². The quantitative estimate of drug-likeness (QED) is 0.584. The standard InChI is InChI=1S/C9H7Cl2N3/c10-6-14-5-8(4-13-14)7-1-2-12-9(11)3-7/h1-5H,6H2. The summed E-state index contributed by atoms with van der Waals surface area (Å²) >= 11 is 11.4. The highest BCUT2D eigenvalue weighted by Crippen LogP contribution is 2.20. The van der Waals surface area contributed by atoms with Gasteiger partial charge in [0.15, 0.2) is 0 Å². The molecule has 2 aromatic rings. The average molecular weight is 228 g/mol. The summed E-state index contributed by atoms with van der Waals surface area (Å²) in [4.78, 5) is 3.90. The summed E-state index contributed by atoms with van der Waals surface area (Å²) in [6, 6.07) is 4.01. The molecule has 0 N–H and O–H groups in total. The van der Waals surface area contributed by atoms with E-state index in [-0.39, 0.29) is 0 Å². The van der Waals surface area contributed by atoms with Gasteiger partial charge in [-0.05, 0) is 17.7 Å². The second kappa shape index (κ2) is 3.98. The van der Waals surface area contributed by atoms with Crippen molar-refractivity contribution in [3.63, 3.8) is 0 Å². The summed E-state index contributed by atoms with van der Waals surface area (Å²) in [5, 5.41) is 4.54. The van der Waals surface area contributed by atoms with Gasteiger partial charge in [-0.25, -0.2) is 4.98 Å². The predicted octanol–water partition coefficient (Wildman–Crippen LogP) is 2.79. The van der Waals surface area contributed by atoms with Crippen molar-refractivity contribution >= 4 is 23.2 Å². The molecule has 2 heterocycles. The number of nitrogens with zero attached hydrogens (tertiary/aromatic N) is 3. The average Bonchev–Trinajstić information content (AvgIpc) is 2.66. The fourth-order valence-corrected chi connectivity index (χ4v) is 1.46. The van der Waals surface area contributed by atoms with E-state index in [0.717, 1.165) is 11.1 Å². The zero-order valence-corrected chi connectivity index (χ0v) is 8.70. The van der Waals surface area contributed by atoms with Crippen molar-refractivity contribution in [2.75, 3.05) is 0 Å². The topological polar surface area (TPSA) is 30.7 Å². The second-order valence-corrected chi connectivity index (χ2v) is 3.38. The third-order valence-corrected chi connectivity index (χ3v) is 2.27. The molecule has 0 bridgehead atoms. The highest BCUT2D eigenvalue weighted by atomic mass is 35.5. The Morgan fingerprint density at radius 1 is 1.36 bits per heavy atom. The van der Waals surface area contributed by atoms with E-state index in [0.29, 0.717) is 11.2 Å². The molecule has 5 heteroatoms. The fraction of sp³-hybridized carbons (Fsp3) is 0.111. The van der Waals surface area contributed by atoms with Gasteiger partial charge in [-0.3, -0.25) is 4.68 Å². The zero-order chi connectivity index (χ0) is 9.97. The number of hydrogen-bond donors (Lipinski definition) is 0. The van der Waals surface area contributed by atoms with Crippen LogP contribution in [0, 0.1) is 0 Å². The number of halogens is 2. The van der Waals surface area contributed by atoms with E-state index in [2.05, 4.69) is 10.1 Å². The van der Waals surface area contributed by atoms with Gasteiger partial charge in [-0.2, -0.15) is 5.10 Å². The van der Waals surface area contributed by atoms with Gasteiger partial charge in [0, 0.05) is 18.0 Å². The minimum Gasteiger partial charge on any atom is -0.257 e. The highest BCUT2D eigenvalue weighted by Gasteiger charge is 2.01. The third kappa shape index (κ3) is 1.89. The summed E-state index contributed by atoms with van der Waals surface area (Å²) in [5.41, 5.74) is 1.97. The molecule has 72 valence electrons. The van der Waals surface area contributed by atoms with Gasteiger partial charge in [-0.1, -0.05) is 11.6 Å². The van der Waals surface area contributed by atoms with Crippen LogP contribution in [0.3, 0.4) is 0 Å². The summed E-state index contributed by atoms with van der Waals surface area (Å²) in [5.74, 6) is 0. The minimum absolute atomic E-state index is 0.346. The molecule has 0 aliphatic rings. The van der Waals surface area contributed by atoms with Crippen LogP contribution < -0.4 is 0 Å². The first-order chi connectivity index (χ1) is 6.79. The zero-order valence-electron chi connectivity index (χ0n) is 7.19. The molecule has 0 unspecified atom stereocenters. The van der Waals surface area contributed by atoms with Gasteiger partial charge in [0.2, 0.25) is 0 Å². The van der Waals surface area contributed by atoms with Gasteiger partial charge >= 0.3 is 0 Å². The van der Waals surface area contributed by atoms with E-state index in [4.69, 9.17) is 23.2 Å². The highest BCUT2D eigenvalue weighted by molar-refractivity contribution is 6.29. The van der Waals surface area contributed by atoms with E-state index >= 15 is 0 Å². The van der Waals surface area contributed by atoms with Crippen molar-refractivity contribution in [1.82, 2.24) is 14.8 Å². The molecule has 0 amide bonds. The van der Waals surface area contributed by atoms with E-state index < -0.39 is 0 Å². The van der Waals surface area contributed by atoms with Crippen LogP contribution in [0.25, 0.3) is 11.1 Å². The second-order valence-electron chi connectivity index (χ2n) is 2.76. The van der Waals surface area contributed by atoms with Crippen molar-refractivity contribution in [2.24, 2.45) is 0 Å². The monoisotopic (exact) mass is 227 g/mol. The summed E-state index contributed by atoms with van der Waals surface area (Å²) in [6.45, 7) is 0. The van der Waals surface area contributed by atoms with Gasteiger partial charge in [-0.15, -0.1) is 11.6 Å². The van der Waals surface area contributed by atoms with Crippen molar-refractivity contribution < 1.29 is 0 Å². The minimum atomic E-state index is 0.346. The third-order valence-electron chi connectivity index (χ3n) is 1.82. The number of hydrogen-bond acceptors (Lipinski definition) is 2. The van der Waals surface area contributed by atoms with E-state index in [1.165, 1.54) is 0 Å². The molecule has 3 nitrogen and oxygen atoms in total. The lowest BCUT2D eigenvalue weighted by molar-refractivity contribution is 0.744. The first-order valence-corrected chi connectivity index (χ1v) is 4.91. The van der Waals surface area contributed by atoms with Crippen molar-refractivity contribution in [3.05, 3.63) is 35.9 Å². The maximum atomic E-state index is 5.77. The lowest BCUT2D eigenvalue weighted by Crippen LogP contribution is -1.89. The number of alkyl halides is 1. The largest absolute Gasteiger partial charge is 0.257 e. The Morgan fingerprint density at radius 2 is 2.21 bits per heavy atom. The molecule has 0 saturated carbocycles. The molecule has 0 atom stereocenters. The van der Waals surface area contributed by atoms with Crippen LogP contribution in [0.5, 0.6) is 0 Å². The number of rotatable bonds is 2. The van der Waals surface area contributed by atoms with E-state index in [9.17, 15) is 0 Å². The smallest absolute Gasteiger partial charge is 0.129 e. The lowest BCUT2D eigenvalue weighted by atomic mass is 10.1. The van der Waals surface area contributed by atoms with Crippen LogP contribution >= 0.6 is 23.2 Å². The van der Waals surface area contributed by atoms with Crippen LogP contribution in [-0.4, -0.2) is 14.8 Å². The van der Waals surface area contributed by atoms with Crippen LogP contribution in [-0.2, 0) is 6.00 Å². The lowest BCUT2D eigenvalue weighted by Gasteiger charge is -1.96. The van der Waals surface area contributed by atoms with Gasteiger partial charge in [0.1, 0.15) is 11.2 Å². The van der Waals surface area contributed by atoms with Gasteiger partial charge < -0.3 is 0 Å². The van der Waals surface area contributed by atoms with Crippen LogP contribution in [0.2, 0.25) is 5.15 Å². The molecule has 2 rings (SSSR count). The summed E-state index contributed by atoms with van der Waals surface area (Å²) in [6.07, 6.45) is 5.27. The van der Waals surface area contributed by atoms with Gasteiger partial charge in [0.05, 0.1) is 6.20 Å². The molecule has 0 saturated heterocycles. The maximum Gasteiger partial charge on any atom is 0.129 e. The first-order valence-electron chi connectivity index (χ1n) is 4.00. The van der Waals surface area contributed by atoms with E-state index in [1.54, 1.807) is 23.1 Å². The molecule has 0 aromatic carbocycles. The Kier molecular flexibility index (Phi) is 2.70.